The summed E-state index contributed by atoms with van der Waals surface area (Å²) in [5.74, 6) is 0.125. The third kappa shape index (κ3) is 4.38. The van der Waals surface area contributed by atoms with E-state index in [0.717, 1.165) is 23.4 Å². The average molecular weight is 398 g/mol. The van der Waals surface area contributed by atoms with Crippen LogP contribution in [0.15, 0.2) is 36.4 Å². The fourth-order valence-corrected chi connectivity index (χ4v) is 5.16. The van der Waals surface area contributed by atoms with Crippen molar-refractivity contribution in [1.29, 1.82) is 0 Å². The smallest absolute Gasteiger partial charge is 0.321 e. The highest BCUT2D eigenvalue weighted by molar-refractivity contribution is 7.14. The number of carbonyl (C=O) groups is 2. The number of hydrogen-bond acceptors (Lipinski definition) is 3. The molecule has 1 saturated heterocycles. The van der Waals surface area contributed by atoms with Gasteiger partial charge in [0, 0.05) is 36.7 Å². The molecule has 1 aliphatic heterocycles. The Morgan fingerprint density at radius 1 is 0.857 bits per heavy atom. The summed E-state index contributed by atoms with van der Waals surface area (Å²) >= 11 is 1.68. The van der Waals surface area contributed by atoms with Crippen molar-refractivity contribution in [3.63, 3.8) is 0 Å². The summed E-state index contributed by atoms with van der Waals surface area (Å²) in [7, 11) is 0. The van der Waals surface area contributed by atoms with Gasteiger partial charge in [-0.15, -0.1) is 11.3 Å². The van der Waals surface area contributed by atoms with E-state index in [0.29, 0.717) is 26.2 Å². The maximum absolute atomic E-state index is 13.0. The van der Waals surface area contributed by atoms with Crippen LogP contribution in [0.4, 0.5) is 10.5 Å². The van der Waals surface area contributed by atoms with E-state index in [2.05, 4.69) is 11.4 Å². The van der Waals surface area contributed by atoms with E-state index in [4.69, 9.17) is 0 Å². The third-order valence-electron chi connectivity index (χ3n) is 5.59. The van der Waals surface area contributed by atoms with Crippen LogP contribution in [0.5, 0.6) is 0 Å². The summed E-state index contributed by atoms with van der Waals surface area (Å²) in [6.07, 6.45) is 7.27. The van der Waals surface area contributed by atoms with Crippen LogP contribution in [0.25, 0.3) is 0 Å². The molecule has 1 N–H and O–H groups in total. The van der Waals surface area contributed by atoms with Crippen LogP contribution in [-0.4, -0.2) is 47.9 Å². The van der Waals surface area contributed by atoms with Gasteiger partial charge >= 0.3 is 6.03 Å². The van der Waals surface area contributed by atoms with Crippen molar-refractivity contribution in [3.8, 4) is 0 Å². The number of para-hydroxylation sites is 1. The first-order valence-electron chi connectivity index (χ1n) is 10.2. The Hall–Kier alpha value is -2.34. The number of amides is 3. The number of nitrogens with one attached hydrogen (secondary N) is 1. The first kappa shape index (κ1) is 19.0. The van der Waals surface area contributed by atoms with Gasteiger partial charge < -0.3 is 15.1 Å². The maximum Gasteiger partial charge on any atom is 0.321 e. The molecule has 1 aliphatic carbocycles. The van der Waals surface area contributed by atoms with Crippen molar-refractivity contribution in [2.45, 2.75) is 38.5 Å². The molecule has 6 heteroatoms. The van der Waals surface area contributed by atoms with Crippen LogP contribution >= 0.6 is 11.3 Å². The zero-order chi connectivity index (χ0) is 19.3. The molecule has 0 atom stereocenters. The minimum atomic E-state index is -0.0996. The monoisotopic (exact) mass is 397 g/mol. The molecular weight excluding hydrogens is 370 g/mol. The molecule has 28 heavy (non-hydrogen) atoms. The molecule has 2 aromatic rings. The molecule has 0 spiro atoms. The standard InChI is InChI=1S/C22H27N3O2S/c26-21(20-16-17-8-4-1-2-7-11-19(17)28-20)24-12-14-25(15-13-24)22(27)23-18-9-5-3-6-10-18/h3,5-6,9-10,16H,1-2,4,7-8,11-15H2,(H,23,27). The molecule has 3 amide bonds. The van der Waals surface area contributed by atoms with Crippen molar-refractivity contribution < 1.29 is 9.59 Å². The second-order valence-electron chi connectivity index (χ2n) is 7.55. The quantitative estimate of drug-likeness (QED) is 0.817. The number of hydrogen-bond donors (Lipinski definition) is 1. The summed E-state index contributed by atoms with van der Waals surface area (Å²) in [6, 6.07) is 11.5. The number of benzene rings is 1. The van der Waals surface area contributed by atoms with Crippen molar-refractivity contribution >= 4 is 29.0 Å². The zero-order valence-corrected chi connectivity index (χ0v) is 17.0. The normalized spacial score (nSPS) is 17.4. The number of aryl methyl sites for hydroxylation is 2. The molecule has 1 aromatic heterocycles. The lowest BCUT2D eigenvalue weighted by Crippen LogP contribution is -2.51. The highest BCUT2D eigenvalue weighted by Crippen LogP contribution is 2.29. The van der Waals surface area contributed by atoms with Gasteiger partial charge in [0.2, 0.25) is 0 Å². The highest BCUT2D eigenvalue weighted by Gasteiger charge is 2.26. The van der Waals surface area contributed by atoms with Crippen LogP contribution in [0, 0.1) is 0 Å². The lowest BCUT2D eigenvalue weighted by Gasteiger charge is -2.34. The van der Waals surface area contributed by atoms with E-state index in [1.807, 2.05) is 35.2 Å². The Bertz CT molecular complexity index is 800. The molecule has 0 unspecified atom stereocenters. The summed E-state index contributed by atoms with van der Waals surface area (Å²) in [5.41, 5.74) is 2.18. The number of rotatable bonds is 2. The van der Waals surface area contributed by atoms with Gasteiger partial charge in [-0.05, 0) is 49.4 Å². The van der Waals surface area contributed by atoms with Gasteiger partial charge in [0.25, 0.3) is 5.91 Å². The molecule has 2 heterocycles. The van der Waals surface area contributed by atoms with E-state index in [1.165, 1.54) is 36.1 Å². The lowest BCUT2D eigenvalue weighted by molar-refractivity contribution is 0.0676. The van der Waals surface area contributed by atoms with Gasteiger partial charge in [0.15, 0.2) is 0 Å². The third-order valence-corrected chi connectivity index (χ3v) is 6.81. The van der Waals surface area contributed by atoms with Gasteiger partial charge in [0.1, 0.15) is 0 Å². The second-order valence-corrected chi connectivity index (χ2v) is 8.69. The average Bonchev–Trinajstić information content (AvgIpc) is 3.10. The first-order valence-corrected chi connectivity index (χ1v) is 11.0. The number of urea groups is 1. The van der Waals surface area contributed by atoms with Crippen molar-refractivity contribution in [3.05, 3.63) is 51.7 Å². The molecule has 0 saturated carbocycles. The van der Waals surface area contributed by atoms with Gasteiger partial charge in [-0.2, -0.15) is 0 Å². The molecule has 0 bridgehead atoms. The zero-order valence-electron chi connectivity index (χ0n) is 16.2. The van der Waals surface area contributed by atoms with E-state index in [-0.39, 0.29) is 11.9 Å². The topological polar surface area (TPSA) is 52.7 Å². The summed E-state index contributed by atoms with van der Waals surface area (Å²) < 4.78 is 0. The van der Waals surface area contributed by atoms with E-state index >= 15 is 0 Å². The molecule has 2 aliphatic rings. The largest absolute Gasteiger partial charge is 0.334 e. The van der Waals surface area contributed by atoms with Crippen LogP contribution < -0.4 is 5.32 Å². The van der Waals surface area contributed by atoms with Gasteiger partial charge in [-0.1, -0.05) is 31.0 Å². The van der Waals surface area contributed by atoms with Crippen molar-refractivity contribution in [2.24, 2.45) is 0 Å². The SMILES string of the molecule is O=C(Nc1ccccc1)N1CCN(C(=O)c2cc3c(s2)CCCCCC3)CC1. The number of piperazine rings is 1. The number of nitrogens with zero attached hydrogens (tertiary/aromatic N) is 2. The first-order chi connectivity index (χ1) is 13.7. The summed E-state index contributed by atoms with van der Waals surface area (Å²) in [5, 5.41) is 2.92. The molecular formula is C22H27N3O2S. The molecule has 148 valence electrons. The predicted molar refractivity (Wildman–Crippen MR) is 113 cm³/mol. The van der Waals surface area contributed by atoms with Crippen LogP contribution in [0.3, 0.4) is 0 Å². The Morgan fingerprint density at radius 3 is 2.29 bits per heavy atom. The van der Waals surface area contributed by atoms with Crippen LogP contribution in [-0.2, 0) is 12.8 Å². The number of fused-ring (bicyclic) bond motifs is 1. The van der Waals surface area contributed by atoms with E-state index in [9.17, 15) is 9.59 Å². The number of anilines is 1. The Morgan fingerprint density at radius 2 is 1.54 bits per heavy atom. The number of carbonyl (C=O) groups excluding carboxylic acids is 2. The summed E-state index contributed by atoms with van der Waals surface area (Å²) in [4.78, 5) is 31.4. The molecule has 5 nitrogen and oxygen atoms in total. The maximum atomic E-state index is 13.0. The minimum absolute atomic E-state index is 0.0996. The van der Waals surface area contributed by atoms with Gasteiger partial charge in [-0.3, -0.25) is 4.79 Å². The highest BCUT2D eigenvalue weighted by atomic mass is 32.1. The predicted octanol–water partition coefficient (Wildman–Crippen LogP) is 4.40. The fraction of sp³-hybridized carbons (Fsp3) is 0.455. The minimum Gasteiger partial charge on any atom is -0.334 e. The summed E-state index contributed by atoms with van der Waals surface area (Å²) in [6.45, 7) is 2.30. The van der Waals surface area contributed by atoms with Gasteiger partial charge in [-0.25, -0.2) is 4.79 Å². The van der Waals surface area contributed by atoms with Crippen molar-refractivity contribution in [2.75, 3.05) is 31.5 Å². The van der Waals surface area contributed by atoms with E-state index in [1.54, 1.807) is 16.2 Å². The Balaban J connectivity index is 1.34. The van der Waals surface area contributed by atoms with Crippen LogP contribution in [0.2, 0.25) is 0 Å². The second kappa shape index (κ2) is 8.78. The van der Waals surface area contributed by atoms with Crippen molar-refractivity contribution in [1.82, 2.24) is 9.80 Å². The Labute approximate surface area is 170 Å². The molecule has 1 fully saturated rings. The fourth-order valence-electron chi connectivity index (χ4n) is 3.94. The molecule has 0 radical (unpaired) electrons. The van der Waals surface area contributed by atoms with Gasteiger partial charge in [0.05, 0.1) is 4.88 Å². The molecule has 1 aromatic carbocycles. The molecule has 4 rings (SSSR count). The van der Waals surface area contributed by atoms with Crippen LogP contribution in [0.1, 0.15) is 45.8 Å². The lowest BCUT2D eigenvalue weighted by atomic mass is 10.00. The van der Waals surface area contributed by atoms with E-state index < -0.39 is 0 Å². The Kier molecular flexibility index (Phi) is 5.95. The number of thiophene rings is 1.